The Morgan fingerprint density at radius 1 is 1.00 bits per heavy atom. The second-order valence-electron chi connectivity index (χ2n) is 7.27. The number of benzene rings is 2. The van der Waals surface area contributed by atoms with E-state index in [2.05, 4.69) is 0 Å². The second-order valence-corrected chi connectivity index (χ2v) is 10.0. The normalized spacial score (nSPS) is 13.4. The summed E-state index contributed by atoms with van der Waals surface area (Å²) in [4.78, 5) is 8.36. The molecule has 12 heteroatoms. The van der Waals surface area contributed by atoms with Crippen LogP contribution in [0.25, 0.3) is 10.8 Å². The van der Waals surface area contributed by atoms with Gasteiger partial charge in [-0.3, -0.25) is 9.11 Å². The van der Waals surface area contributed by atoms with Crippen molar-refractivity contribution in [3.8, 4) is 0 Å². The van der Waals surface area contributed by atoms with Crippen molar-refractivity contribution in [2.45, 2.75) is 22.3 Å². The van der Waals surface area contributed by atoms with Gasteiger partial charge in [0.25, 0.3) is 20.2 Å². The first-order valence-corrected chi connectivity index (χ1v) is 11.1. The molecule has 2 rings (SSSR count). The molecule has 0 fully saturated rings. The topological polar surface area (TPSA) is 169 Å². The summed E-state index contributed by atoms with van der Waals surface area (Å²) in [7, 11) is -3.87. The molecule has 0 aliphatic rings. The van der Waals surface area contributed by atoms with E-state index < -0.39 is 42.1 Å². The molecule has 0 aliphatic carbocycles. The maximum Gasteiger partial charge on any atom is 0.296 e. The summed E-state index contributed by atoms with van der Waals surface area (Å²) in [6, 6.07) is 8.28. The van der Waals surface area contributed by atoms with Crippen LogP contribution >= 0.6 is 0 Å². The number of carbonyl (C=O) groups excluding carboxylic acids is 1. The van der Waals surface area contributed by atoms with E-state index in [0.717, 1.165) is 6.07 Å². The van der Waals surface area contributed by atoms with Crippen LogP contribution in [0.4, 0.5) is 0 Å². The van der Waals surface area contributed by atoms with E-state index in [1.54, 1.807) is 12.1 Å². The summed E-state index contributed by atoms with van der Waals surface area (Å²) >= 11 is 0. The van der Waals surface area contributed by atoms with Gasteiger partial charge in [0.1, 0.15) is 22.4 Å². The fraction of sp³-hybridized carbons (Fsp3) is 0.353. The Hall–Kier alpha value is -2.09. The number of aliphatic hydroxyl groups excluding tert-OH is 1. The number of aliphatic carboxylic acids is 1. The zero-order valence-corrected chi connectivity index (χ0v) is 17.6. The largest absolute Gasteiger partial charge is 0.550 e. The Balaban J connectivity index is 0.000000331. The smallest absolute Gasteiger partial charge is 0.296 e. The first-order chi connectivity index (χ1) is 13.0. The molecule has 0 heterocycles. The van der Waals surface area contributed by atoms with Gasteiger partial charge in [0.15, 0.2) is 0 Å². The second kappa shape index (κ2) is 9.15. The van der Waals surface area contributed by atoms with Gasteiger partial charge in [-0.05, 0) is 11.5 Å². The van der Waals surface area contributed by atoms with Crippen molar-refractivity contribution in [3.63, 3.8) is 0 Å². The maximum absolute atomic E-state index is 11.3. The van der Waals surface area contributed by atoms with Gasteiger partial charge < -0.3 is 19.5 Å². The summed E-state index contributed by atoms with van der Waals surface area (Å²) in [6.07, 6.45) is -1.09. The highest BCUT2D eigenvalue weighted by Crippen LogP contribution is 2.29. The highest BCUT2D eigenvalue weighted by atomic mass is 32.2. The van der Waals surface area contributed by atoms with Crippen LogP contribution in [0.1, 0.15) is 6.42 Å². The molecule has 0 spiro atoms. The molecule has 29 heavy (non-hydrogen) atoms. The molecular formula is C17H23NO9S2. The lowest BCUT2D eigenvalue weighted by molar-refractivity contribution is -0.873. The molecule has 0 saturated carbocycles. The lowest BCUT2D eigenvalue weighted by Gasteiger charge is -2.26. The number of rotatable bonds is 6. The SMILES string of the molecule is C[N+](C)(C)C[C@H](O)CC(=O)[O-].O=S(=O)(O)c1ccc2ccccc2c1S(=O)(=O)O. The Morgan fingerprint density at radius 3 is 2.00 bits per heavy atom. The number of likely N-dealkylation sites (N-methyl/N-ethyl adjacent to an activating group) is 1. The maximum atomic E-state index is 11.3. The lowest BCUT2D eigenvalue weighted by atomic mass is 10.1. The molecule has 10 nitrogen and oxygen atoms in total. The molecule has 2 aromatic carbocycles. The summed E-state index contributed by atoms with van der Waals surface area (Å²) in [5.74, 6) is -1.20. The average Bonchev–Trinajstić information content (AvgIpc) is 2.49. The van der Waals surface area contributed by atoms with Crippen LogP contribution < -0.4 is 5.11 Å². The van der Waals surface area contributed by atoms with Crippen molar-refractivity contribution >= 4 is 37.0 Å². The van der Waals surface area contributed by atoms with Crippen molar-refractivity contribution in [2.75, 3.05) is 27.7 Å². The van der Waals surface area contributed by atoms with E-state index >= 15 is 0 Å². The van der Waals surface area contributed by atoms with Crippen molar-refractivity contribution in [1.29, 1.82) is 0 Å². The quantitative estimate of drug-likeness (QED) is 0.390. The van der Waals surface area contributed by atoms with Crippen LogP contribution in [0.15, 0.2) is 46.2 Å². The number of fused-ring (bicyclic) bond motifs is 1. The number of carbonyl (C=O) groups is 1. The molecular weight excluding hydrogens is 426 g/mol. The van der Waals surface area contributed by atoms with Gasteiger partial charge in [-0.2, -0.15) is 16.8 Å². The molecule has 1 atom stereocenters. The van der Waals surface area contributed by atoms with E-state index in [1.807, 2.05) is 21.1 Å². The molecule has 3 N–H and O–H groups in total. The fourth-order valence-corrected chi connectivity index (χ4v) is 4.58. The predicted octanol–water partition coefficient (Wildman–Crippen LogP) is -0.473. The zero-order valence-electron chi connectivity index (χ0n) is 16.0. The lowest BCUT2D eigenvalue weighted by Crippen LogP contribution is -2.43. The first-order valence-electron chi connectivity index (χ1n) is 8.17. The van der Waals surface area contributed by atoms with Crippen LogP contribution in [-0.4, -0.2) is 75.3 Å². The summed E-state index contributed by atoms with van der Waals surface area (Å²) < 4.78 is 63.5. The van der Waals surface area contributed by atoms with Gasteiger partial charge in [-0.1, -0.05) is 30.3 Å². The van der Waals surface area contributed by atoms with Gasteiger partial charge in [-0.25, -0.2) is 0 Å². The number of carboxylic acids is 1. The van der Waals surface area contributed by atoms with Crippen LogP contribution in [0.3, 0.4) is 0 Å². The van der Waals surface area contributed by atoms with Crippen molar-refractivity contribution in [3.05, 3.63) is 36.4 Å². The molecule has 0 bridgehead atoms. The van der Waals surface area contributed by atoms with E-state index in [9.17, 15) is 26.7 Å². The third kappa shape index (κ3) is 8.04. The van der Waals surface area contributed by atoms with Gasteiger partial charge in [0.05, 0.1) is 21.1 Å². The Kier molecular flexibility index (Phi) is 7.87. The highest BCUT2D eigenvalue weighted by molar-refractivity contribution is 7.89. The third-order valence-corrected chi connectivity index (χ3v) is 5.52. The number of carboxylic acid groups (broad SMARTS) is 1. The first kappa shape index (κ1) is 24.9. The minimum absolute atomic E-state index is 0.0233. The Morgan fingerprint density at radius 2 is 1.55 bits per heavy atom. The summed E-state index contributed by atoms with van der Waals surface area (Å²) in [5, 5.41) is 19.6. The number of hydrogen-bond donors (Lipinski definition) is 3. The average molecular weight is 450 g/mol. The standard InChI is InChI=1S/C10H8O6S2.C7H15NO3/c11-17(12,13)9-6-5-7-3-1-2-4-8(7)10(9)18(14,15)16;1-8(2,3)5-6(9)4-7(10)11/h1-6H,(H,11,12,13)(H,14,15,16);6,9H,4-5H2,1-3H3/t;6-/m.1/s1. The number of hydrogen-bond acceptors (Lipinski definition) is 7. The Labute approximate surface area is 169 Å². The van der Waals surface area contributed by atoms with Gasteiger partial charge in [0, 0.05) is 17.8 Å². The van der Waals surface area contributed by atoms with E-state index in [4.69, 9.17) is 14.2 Å². The van der Waals surface area contributed by atoms with Gasteiger partial charge in [-0.15, -0.1) is 0 Å². The van der Waals surface area contributed by atoms with Crippen LogP contribution in [0.2, 0.25) is 0 Å². The van der Waals surface area contributed by atoms with Crippen molar-refractivity contribution < 1.29 is 45.4 Å². The van der Waals surface area contributed by atoms with Crippen LogP contribution in [0, 0.1) is 0 Å². The minimum Gasteiger partial charge on any atom is -0.550 e. The van der Waals surface area contributed by atoms with Crippen molar-refractivity contribution in [2.24, 2.45) is 0 Å². The molecule has 162 valence electrons. The monoisotopic (exact) mass is 449 g/mol. The molecule has 2 aromatic rings. The number of aliphatic hydroxyl groups is 1. The minimum atomic E-state index is -4.78. The third-order valence-electron chi connectivity index (χ3n) is 3.54. The summed E-state index contributed by atoms with van der Waals surface area (Å²) in [5.41, 5.74) is 0. The number of nitrogens with zero attached hydrogens (tertiary/aromatic N) is 1. The fourth-order valence-electron chi connectivity index (χ4n) is 2.58. The van der Waals surface area contributed by atoms with E-state index in [1.165, 1.54) is 18.2 Å². The van der Waals surface area contributed by atoms with E-state index in [-0.39, 0.29) is 11.8 Å². The number of quaternary nitrogens is 1. The van der Waals surface area contributed by atoms with Crippen LogP contribution in [-0.2, 0) is 25.0 Å². The molecule has 0 aliphatic heterocycles. The predicted molar refractivity (Wildman–Crippen MR) is 102 cm³/mol. The van der Waals surface area contributed by atoms with Crippen molar-refractivity contribution in [1.82, 2.24) is 0 Å². The Bertz CT molecular complexity index is 1090. The summed E-state index contributed by atoms with van der Waals surface area (Å²) in [6.45, 7) is 0.425. The molecule has 0 unspecified atom stereocenters. The van der Waals surface area contributed by atoms with Crippen LogP contribution in [0.5, 0.6) is 0 Å². The molecule has 0 amide bonds. The molecule has 0 radical (unpaired) electrons. The van der Waals surface area contributed by atoms with Gasteiger partial charge >= 0.3 is 0 Å². The van der Waals surface area contributed by atoms with Gasteiger partial charge in [0.2, 0.25) is 0 Å². The molecule has 0 saturated heterocycles. The highest BCUT2D eigenvalue weighted by Gasteiger charge is 2.26. The van der Waals surface area contributed by atoms with E-state index in [0.29, 0.717) is 16.4 Å². The zero-order chi connectivity index (χ0) is 22.6. The molecule has 0 aromatic heterocycles.